The molecule has 158 valence electrons. The van der Waals surface area contributed by atoms with Crippen molar-refractivity contribution >= 4 is 23.2 Å². The average molecular weight is 426 g/mol. The van der Waals surface area contributed by atoms with Gasteiger partial charge in [-0.15, -0.1) is 5.10 Å². The highest BCUT2D eigenvalue weighted by molar-refractivity contribution is 6.34. The number of ether oxygens (including phenoxy) is 1. The standard InChI is InChI=1S/C25H19FN4O2/c26-19-9-10-24-22(13-19)23(25(31)27-24)12-18-7-4-8-21(11-18)32-16-20-15-30(29-28-20)14-17-5-2-1-3-6-17/h1-13,15H,14,16H2,(H,27,31)/b23-12+. The molecule has 7 heteroatoms. The molecule has 6 nitrogen and oxygen atoms in total. The van der Waals surface area contributed by atoms with Crippen molar-refractivity contribution in [1.29, 1.82) is 0 Å². The van der Waals surface area contributed by atoms with Gasteiger partial charge in [0.05, 0.1) is 12.7 Å². The summed E-state index contributed by atoms with van der Waals surface area (Å²) in [5.41, 5.74) is 4.20. The lowest BCUT2D eigenvalue weighted by Crippen LogP contribution is -2.03. The number of hydrogen-bond donors (Lipinski definition) is 1. The highest BCUT2D eigenvalue weighted by Gasteiger charge is 2.24. The van der Waals surface area contributed by atoms with Crippen molar-refractivity contribution in [3.8, 4) is 5.75 Å². The quantitative estimate of drug-likeness (QED) is 0.460. The fourth-order valence-corrected chi connectivity index (χ4v) is 3.57. The van der Waals surface area contributed by atoms with Gasteiger partial charge < -0.3 is 10.1 Å². The van der Waals surface area contributed by atoms with Gasteiger partial charge in [-0.3, -0.25) is 4.79 Å². The number of anilines is 1. The number of hydrogen-bond acceptors (Lipinski definition) is 4. The summed E-state index contributed by atoms with van der Waals surface area (Å²) in [5, 5.41) is 11.1. The van der Waals surface area contributed by atoms with E-state index in [4.69, 9.17) is 4.74 Å². The normalized spacial score (nSPS) is 13.8. The lowest BCUT2D eigenvalue weighted by molar-refractivity contribution is -0.110. The summed E-state index contributed by atoms with van der Waals surface area (Å²) in [6, 6.07) is 21.6. The molecule has 4 aromatic rings. The summed E-state index contributed by atoms with van der Waals surface area (Å²) in [5.74, 6) is -0.00896. The van der Waals surface area contributed by atoms with Crippen molar-refractivity contribution in [3.63, 3.8) is 0 Å². The Hall–Kier alpha value is -4.26. The minimum absolute atomic E-state index is 0.257. The van der Waals surface area contributed by atoms with Crippen LogP contribution in [0.3, 0.4) is 0 Å². The SMILES string of the molecule is O=C1Nc2ccc(F)cc2/C1=C\c1cccc(OCc2cn(Cc3ccccc3)nn2)c1. The number of halogens is 1. The molecule has 1 aliphatic heterocycles. The Kier molecular flexibility index (Phi) is 5.21. The van der Waals surface area contributed by atoms with Gasteiger partial charge in [-0.1, -0.05) is 47.7 Å². The average Bonchev–Trinajstić information content (AvgIpc) is 3.37. The van der Waals surface area contributed by atoms with Crippen molar-refractivity contribution in [1.82, 2.24) is 15.0 Å². The van der Waals surface area contributed by atoms with E-state index in [1.165, 1.54) is 12.1 Å². The molecule has 0 saturated heterocycles. The van der Waals surface area contributed by atoms with Crippen LogP contribution in [0.5, 0.6) is 5.75 Å². The second-order valence-corrected chi connectivity index (χ2v) is 7.46. The number of carbonyl (C=O) groups is 1. The van der Waals surface area contributed by atoms with Gasteiger partial charge in [-0.2, -0.15) is 0 Å². The highest BCUT2D eigenvalue weighted by atomic mass is 19.1. The predicted octanol–water partition coefficient (Wildman–Crippen LogP) is 4.54. The molecule has 0 aliphatic carbocycles. The number of nitrogens with zero attached hydrogens (tertiary/aromatic N) is 3. The van der Waals surface area contributed by atoms with Gasteiger partial charge in [0.2, 0.25) is 0 Å². The first-order valence-electron chi connectivity index (χ1n) is 10.1. The monoisotopic (exact) mass is 426 g/mol. The summed E-state index contributed by atoms with van der Waals surface area (Å²) in [6.07, 6.45) is 3.58. The number of aromatic nitrogens is 3. The van der Waals surface area contributed by atoms with Crippen molar-refractivity contribution in [2.45, 2.75) is 13.2 Å². The van der Waals surface area contributed by atoms with E-state index in [2.05, 4.69) is 15.6 Å². The number of benzene rings is 3. The Morgan fingerprint density at radius 1 is 1.03 bits per heavy atom. The Balaban J connectivity index is 1.28. The third-order valence-corrected chi connectivity index (χ3v) is 5.09. The maximum atomic E-state index is 13.7. The minimum Gasteiger partial charge on any atom is -0.487 e. The van der Waals surface area contributed by atoms with Crippen molar-refractivity contribution in [3.05, 3.63) is 107 Å². The van der Waals surface area contributed by atoms with Gasteiger partial charge in [-0.05, 0) is 47.5 Å². The zero-order valence-electron chi connectivity index (χ0n) is 17.0. The molecule has 0 fully saturated rings. The minimum atomic E-state index is -0.386. The zero-order chi connectivity index (χ0) is 21.9. The van der Waals surface area contributed by atoms with Gasteiger partial charge in [0, 0.05) is 16.8 Å². The van der Waals surface area contributed by atoms with Crippen molar-refractivity contribution in [2.75, 3.05) is 5.32 Å². The third-order valence-electron chi connectivity index (χ3n) is 5.09. The Morgan fingerprint density at radius 3 is 2.78 bits per heavy atom. The summed E-state index contributed by atoms with van der Waals surface area (Å²) >= 11 is 0. The van der Waals surface area contributed by atoms with E-state index in [1.807, 2.05) is 60.8 Å². The van der Waals surface area contributed by atoms with E-state index in [1.54, 1.807) is 16.8 Å². The first kappa shape index (κ1) is 19.7. The Morgan fingerprint density at radius 2 is 1.91 bits per heavy atom. The number of rotatable bonds is 6. The van der Waals surface area contributed by atoms with Gasteiger partial charge in [-0.25, -0.2) is 9.07 Å². The van der Waals surface area contributed by atoms with Crippen LogP contribution < -0.4 is 10.1 Å². The number of fused-ring (bicyclic) bond motifs is 1. The highest BCUT2D eigenvalue weighted by Crippen LogP contribution is 2.33. The largest absolute Gasteiger partial charge is 0.487 e. The summed E-state index contributed by atoms with van der Waals surface area (Å²) in [4.78, 5) is 12.3. The zero-order valence-corrected chi connectivity index (χ0v) is 17.0. The molecule has 1 N–H and O–H groups in total. The lowest BCUT2D eigenvalue weighted by atomic mass is 10.0. The van der Waals surface area contributed by atoms with E-state index in [0.717, 1.165) is 11.1 Å². The molecule has 3 aromatic carbocycles. The molecular formula is C25H19FN4O2. The topological polar surface area (TPSA) is 69.0 Å². The van der Waals surface area contributed by atoms with Crippen LogP contribution >= 0.6 is 0 Å². The van der Waals surface area contributed by atoms with Crippen LogP contribution in [0.4, 0.5) is 10.1 Å². The molecule has 0 spiro atoms. The van der Waals surface area contributed by atoms with Gasteiger partial charge in [0.1, 0.15) is 23.9 Å². The molecule has 0 radical (unpaired) electrons. The molecule has 32 heavy (non-hydrogen) atoms. The van der Waals surface area contributed by atoms with Gasteiger partial charge in [0.25, 0.3) is 5.91 Å². The Labute approximate surface area is 184 Å². The van der Waals surface area contributed by atoms with Gasteiger partial charge >= 0.3 is 0 Å². The second-order valence-electron chi connectivity index (χ2n) is 7.46. The van der Waals surface area contributed by atoms with Crippen LogP contribution in [0.25, 0.3) is 11.6 Å². The molecule has 2 heterocycles. The summed E-state index contributed by atoms with van der Waals surface area (Å²) in [7, 11) is 0. The van der Waals surface area contributed by atoms with Crippen LogP contribution in [0.15, 0.2) is 79.0 Å². The fraction of sp³-hybridized carbons (Fsp3) is 0.0800. The first-order chi connectivity index (χ1) is 15.6. The lowest BCUT2D eigenvalue weighted by Gasteiger charge is -2.05. The van der Waals surface area contributed by atoms with Crippen LogP contribution in [-0.2, 0) is 17.9 Å². The van der Waals surface area contributed by atoms with Crippen LogP contribution in [0, 0.1) is 5.82 Å². The first-order valence-corrected chi connectivity index (χ1v) is 10.1. The maximum Gasteiger partial charge on any atom is 0.256 e. The van der Waals surface area contributed by atoms with E-state index in [-0.39, 0.29) is 18.3 Å². The molecular weight excluding hydrogens is 407 g/mol. The van der Waals surface area contributed by atoms with Crippen LogP contribution in [0.2, 0.25) is 0 Å². The maximum absolute atomic E-state index is 13.7. The smallest absolute Gasteiger partial charge is 0.256 e. The summed E-state index contributed by atoms with van der Waals surface area (Å²) in [6.45, 7) is 0.907. The fourth-order valence-electron chi connectivity index (χ4n) is 3.57. The van der Waals surface area contributed by atoms with Crippen LogP contribution in [0.1, 0.15) is 22.4 Å². The number of nitrogens with one attached hydrogen (secondary N) is 1. The van der Waals surface area contributed by atoms with E-state index < -0.39 is 0 Å². The van der Waals surface area contributed by atoms with Crippen molar-refractivity contribution in [2.24, 2.45) is 0 Å². The Bertz CT molecular complexity index is 1310. The van der Waals surface area contributed by atoms with Crippen molar-refractivity contribution < 1.29 is 13.9 Å². The predicted molar refractivity (Wildman–Crippen MR) is 119 cm³/mol. The molecule has 1 aliphatic rings. The molecule has 1 aromatic heterocycles. The molecule has 5 rings (SSSR count). The molecule has 1 amide bonds. The number of carbonyl (C=O) groups excluding carboxylic acids is 1. The third kappa shape index (κ3) is 4.27. The second kappa shape index (κ2) is 8.47. The van der Waals surface area contributed by atoms with E-state index >= 15 is 0 Å². The molecule has 0 saturated carbocycles. The van der Waals surface area contributed by atoms with Gasteiger partial charge in [0.15, 0.2) is 0 Å². The number of amides is 1. The summed E-state index contributed by atoms with van der Waals surface area (Å²) < 4.78 is 21.3. The molecule has 0 unspecified atom stereocenters. The molecule has 0 atom stereocenters. The van der Waals surface area contributed by atoms with E-state index in [0.29, 0.717) is 34.8 Å². The van der Waals surface area contributed by atoms with Crippen LogP contribution in [-0.4, -0.2) is 20.9 Å². The van der Waals surface area contributed by atoms with E-state index in [9.17, 15) is 9.18 Å². The molecule has 0 bridgehead atoms.